The van der Waals surface area contributed by atoms with Crippen molar-refractivity contribution in [3.05, 3.63) is 29.8 Å². The molecule has 0 unspecified atom stereocenters. The molecular formula is C11H15N5. The Balaban J connectivity index is 2.18. The normalized spacial score (nSPS) is 10.7. The van der Waals surface area contributed by atoms with Crippen molar-refractivity contribution in [2.75, 3.05) is 11.1 Å². The molecule has 1 heterocycles. The number of hydrogen-bond acceptors (Lipinski definition) is 4. The molecule has 1 aromatic heterocycles. The Morgan fingerprint density at radius 2 is 2.19 bits per heavy atom. The van der Waals surface area contributed by atoms with E-state index in [0.29, 0.717) is 17.8 Å². The molecule has 0 aliphatic heterocycles. The van der Waals surface area contributed by atoms with E-state index < -0.39 is 0 Å². The summed E-state index contributed by atoms with van der Waals surface area (Å²) in [5.74, 6) is 1.29. The van der Waals surface area contributed by atoms with Crippen molar-refractivity contribution in [1.82, 2.24) is 15.2 Å². The number of anilines is 3. The van der Waals surface area contributed by atoms with Crippen LogP contribution >= 0.6 is 0 Å². The second-order valence-electron chi connectivity index (χ2n) is 3.95. The fourth-order valence-electron chi connectivity index (χ4n) is 1.43. The molecule has 5 nitrogen and oxygen atoms in total. The number of benzene rings is 1. The molecule has 0 aliphatic rings. The van der Waals surface area contributed by atoms with Crippen molar-refractivity contribution < 1.29 is 0 Å². The number of rotatable bonds is 3. The molecule has 16 heavy (non-hydrogen) atoms. The molecule has 0 aliphatic carbocycles. The van der Waals surface area contributed by atoms with Crippen molar-refractivity contribution in [2.24, 2.45) is 0 Å². The summed E-state index contributed by atoms with van der Waals surface area (Å²) in [4.78, 5) is 3.98. The summed E-state index contributed by atoms with van der Waals surface area (Å²) in [5.41, 5.74) is 7.68. The Kier molecular flexibility index (Phi) is 2.76. The third-order valence-electron chi connectivity index (χ3n) is 2.31. The van der Waals surface area contributed by atoms with E-state index in [4.69, 9.17) is 5.73 Å². The van der Waals surface area contributed by atoms with Crippen LogP contribution in [0.3, 0.4) is 0 Å². The summed E-state index contributed by atoms with van der Waals surface area (Å²) in [5, 5.41) is 9.58. The average Bonchev–Trinajstić information content (AvgIpc) is 2.64. The van der Waals surface area contributed by atoms with E-state index in [1.54, 1.807) is 0 Å². The van der Waals surface area contributed by atoms with Gasteiger partial charge in [0.15, 0.2) is 0 Å². The van der Waals surface area contributed by atoms with Crippen molar-refractivity contribution in [2.45, 2.75) is 19.8 Å². The highest BCUT2D eigenvalue weighted by Crippen LogP contribution is 2.20. The zero-order valence-electron chi connectivity index (χ0n) is 9.36. The summed E-state index contributed by atoms with van der Waals surface area (Å²) < 4.78 is 0. The molecule has 1 aromatic carbocycles. The summed E-state index contributed by atoms with van der Waals surface area (Å²) in [6.07, 6.45) is 0. The molecule has 0 saturated carbocycles. The Morgan fingerprint density at radius 3 is 2.81 bits per heavy atom. The van der Waals surface area contributed by atoms with Gasteiger partial charge in [-0.3, -0.25) is 0 Å². The predicted molar refractivity (Wildman–Crippen MR) is 64.6 cm³/mol. The van der Waals surface area contributed by atoms with Gasteiger partial charge >= 0.3 is 0 Å². The second kappa shape index (κ2) is 4.22. The van der Waals surface area contributed by atoms with Gasteiger partial charge in [0.05, 0.1) is 0 Å². The fraction of sp³-hybridized carbons (Fsp3) is 0.273. The third-order valence-corrected chi connectivity index (χ3v) is 2.31. The lowest BCUT2D eigenvalue weighted by Gasteiger charge is -2.07. The minimum absolute atomic E-state index is 0.308. The van der Waals surface area contributed by atoms with Gasteiger partial charge in [-0.05, 0) is 23.6 Å². The quantitative estimate of drug-likeness (QED) is 0.736. The van der Waals surface area contributed by atoms with Gasteiger partial charge in [0.2, 0.25) is 11.9 Å². The number of H-pyrrole nitrogens is 1. The third kappa shape index (κ3) is 2.31. The van der Waals surface area contributed by atoms with E-state index in [0.717, 1.165) is 5.69 Å². The first kappa shape index (κ1) is 10.5. The topological polar surface area (TPSA) is 79.6 Å². The second-order valence-corrected chi connectivity index (χ2v) is 3.95. The monoisotopic (exact) mass is 217 g/mol. The molecule has 0 fully saturated rings. The first-order valence-electron chi connectivity index (χ1n) is 5.20. The highest BCUT2D eigenvalue weighted by molar-refractivity contribution is 5.55. The van der Waals surface area contributed by atoms with E-state index in [-0.39, 0.29) is 0 Å². The van der Waals surface area contributed by atoms with E-state index in [2.05, 4.69) is 46.5 Å². The van der Waals surface area contributed by atoms with Crippen molar-refractivity contribution in [3.8, 4) is 0 Å². The maximum atomic E-state index is 5.44. The van der Waals surface area contributed by atoms with Crippen LogP contribution in [0.4, 0.5) is 17.6 Å². The van der Waals surface area contributed by atoms with Gasteiger partial charge in [0.1, 0.15) is 0 Å². The number of hydrogen-bond donors (Lipinski definition) is 3. The van der Waals surface area contributed by atoms with Crippen LogP contribution in [-0.4, -0.2) is 15.2 Å². The average molecular weight is 217 g/mol. The molecule has 2 aromatic rings. The largest absolute Gasteiger partial charge is 0.368 e. The van der Waals surface area contributed by atoms with Crippen molar-refractivity contribution >= 4 is 17.6 Å². The number of nitrogen functional groups attached to an aromatic ring is 1. The SMILES string of the molecule is CC(C)c1cccc(Nc2n[nH]c(N)n2)c1. The van der Waals surface area contributed by atoms with Gasteiger partial charge in [-0.2, -0.15) is 4.98 Å². The Hall–Kier alpha value is -2.04. The van der Waals surface area contributed by atoms with Gasteiger partial charge < -0.3 is 11.1 Å². The molecule has 0 atom stereocenters. The smallest absolute Gasteiger partial charge is 0.248 e. The highest BCUT2D eigenvalue weighted by atomic mass is 15.3. The maximum absolute atomic E-state index is 5.44. The van der Waals surface area contributed by atoms with E-state index in [1.807, 2.05) is 12.1 Å². The van der Waals surface area contributed by atoms with Gasteiger partial charge in [-0.15, -0.1) is 5.10 Å². The molecule has 0 spiro atoms. The van der Waals surface area contributed by atoms with Crippen LogP contribution in [0.2, 0.25) is 0 Å². The molecule has 0 saturated heterocycles. The van der Waals surface area contributed by atoms with Crippen LogP contribution in [0.15, 0.2) is 24.3 Å². The van der Waals surface area contributed by atoms with Crippen LogP contribution in [-0.2, 0) is 0 Å². The lowest BCUT2D eigenvalue weighted by atomic mass is 10.0. The van der Waals surface area contributed by atoms with Crippen molar-refractivity contribution in [1.29, 1.82) is 0 Å². The zero-order chi connectivity index (χ0) is 11.5. The van der Waals surface area contributed by atoms with E-state index in [1.165, 1.54) is 5.56 Å². The van der Waals surface area contributed by atoms with Crippen LogP contribution < -0.4 is 11.1 Å². The summed E-state index contributed by atoms with van der Waals surface area (Å²) in [7, 11) is 0. The molecule has 0 amide bonds. The van der Waals surface area contributed by atoms with Gasteiger partial charge in [0, 0.05) is 5.69 Å². The molecule has 84 valence electrons. The fourth-order valence-corrected chi connectivity index (χ4v) is 1.43. The lowest BCUT2D eigenvalue weighted by Crippen LogP contribution is -1.95. The number of nitrogens with zero attached hydrogens (tertiary/aromatic N) is 2. The van der Waals surface area contributed by atoms with Crippen LogP contribution in [0.1, 0.15) is 25.3 Å². The Bertz CT molecular complexity index is 475. The maximum Gasteiger partial charge on any atom is 0.248 e. The van der Waals surface area contributed by atoms with E-state index in [9.17, 15) is 0 Å². The number of nitrogens with two attached hydrogens (primary N) is 1. The van der Waals surface area contributed by atoms with Crippen molar-refractivity contribution in [3.63, 3.8) is 0 Å². The standard InChI is InChI=1S/C11H15N5/c1-7(2)8-4-3-5-9(6-8)13-11-14-10(12)15-16-11/h3-7H,1-2H3,(H4,12,13,14,15,16). The molecule has 2 rings (SSSR count). The predicted octanol–water partition coefficient (Wildman–Crippen LogP) is 2.25. The highest BCUT2D eigenvalue weighted by Gasteiger charge is 2.03. The number of aromatic nitrogens is 3. The van der Waals surface area contributed by atoms with Crippen LogP contribution in [0, 0.1) is 0 Å². The number of nitrogens with one attached hydrogen (secondary N) is 2. The Morgan fingerprint density at radius 1 is 1.38 bits per heavy atom. The summed E-state index contributed by atoms with van der Waals surface area (Å²) >= 11 is 0. The van der Waals surface area contributed by atoms with Crippen LogP contribution in [0.25, 0.3) is 0 Å². The zero-order valence-corrected chi connectivity index (χ0v) is 9.36. The van der Waals surface area contributed by atoms with Gasteiger partial charge in [-0.1, -0.05) is 26.0 Å². The lowest BCUT2D eigenvalue weighted by molar-refractivity contribution is 0.867. The number of aromatic amines is 1. The van der Waals surface area contributed by atoms with E-state index >= 15 is 0 Å². The minimum Gasteiger partial charge on any atom is -0.368 e. The molecule has 0 bridgehead atoms. The molecular weight excluding hydrogens is 202 g/mol. The Labute approximate surface area is 94.1 Å². The van der Waals surface area contributed by atoms with Gasteiger partial charge in [-0.25, -0.2) is 5.10 Å². The molecule has 0 radical (unpaired) electrons. The molecule has 5 heteroatoms. The first-order valence-corrected chi connectivity index (χ1v) is 5.20. The minimum atomic E-state index is 0.308. The van der Waals surface area contributed by atoms with Crippen LogP contribution in [0.5, 0.6) is 0 Å². The summed E-state index contributed by atoms with van der Waals surface area (Å²) in [6, 6.07) is 8.16. The summed E-state index contributed by atoms with van der Waals surface area (Å²) in [6.45, 7) is 4.31. The first-order chi connectivity index (χ1) is 7.65. The molecule has 4 N–H and O–H groups in total. The van der Waals surface area contributed by atoms with Gasteiger partial charge in [0.25, 0.3) is 0 Å².